The Balaban J connectivity index is 1.71. The highest BCUT2D eigenvalue weighted by Crippen LogP contribution is 2.30. The van der Waals surface area contributed by atoms with Crippen LogP contribution in [-0.4, -0.2) is 25.7 Å². The van der Waals surface area contributed by atoms with Crippen LogP contribution in [0, 0.1) is 5.82 Å². The van der Waals surface area contributed by atoms with Crippen molar-refractivity contribution in [1.82, 2.24) is 19.5 Å². The average Bonchev–Trinajstić information content (AvgIpc) is 3.27. The van der Waals surface area contributed by atoms with E-state index in [9.17, 15) is 9.18 Å². The summed E-state index contributed by atoms with van der Waals surface area (Å²) in [5, 5.41) is 3.39. The lowest BCUT2D eigenvalue weighted by Crippen LogP contribution is -2.29. The molecule has 31 heavy (non-hydrogen) atoms. The summed E-state index contributed by atoms with van der Waals surface area (Å²) in [7, 11) is 0. The number of anilines is 1. The van der Waals surface area contributed by atoms with Crippen LogP contribution in [-0.2, 0) is 6.42 Å². The lowest BCUT2D eigenvalue weighted by atomic mass is 10.1. The summed E-state index contributed by atoms with van der Waals surface area (Å²) in [6.45, 7) is 1.99. The summed E-state index contributed by atoms with van der Waals surface area (Å²) in [5.74, 6) is 1.20. The number of fused-ring (bicyclic) bond motifs is 2. The van der Waals surface area contributed by atoms with Crippen molar-refractivity contribution >= 4 is 28.8 Å². The number of nitrogens with one attached hydrogen (secondary N) is 1. The molecule has 1 aliphatic rings. The standard InChI is InChI=1S/C23H19FN6O/c1-2-17(28-21-15-11-12-25-20(15)26-13-27-21)22-29-18-10-6-9-16(24)19(18)23(31)30(22)14-7-4-3-5-8-14/h3-10,12-13,17H,2,11H2,1H3,(H,26,27,28). The summed E-state index contributed by atoms with van der Waals surface area (Å²) < 4.78 is 16.0. The van der Waals surface area contributed by atoms with Crippen molar-refractivity contribution in [3.63, 3.8) is 0 Å². The molecule has 4 aromatic rings. The van der Waals surface area contributed by atoms with Gasteiger partial charge >= 0.3 is 0 Å². The van der Waals surface area contributed by atoms with Gasteiger partial charge in [0.15, 0.2) is 5.82 Å². The predicted molar refractivity (Wildman–Crippen MR) is 118 cm³/mol. The molecule has 7 nitrogen and oxygen atoms in total. The zero-order valence-electron chi connectivity index (χ0n) is 16.8. The maximum atomic E-state index is 14.6. The molecule has 0 spiro atoms. The molecule has 0 bridgehead atoms. The predicted octanol–water partition coefficient (Wildman–Crippen LogP) is 4.14. The highest BCUT2D eigenvalue weighted by molar-refractivity contribution is 5.79. The van der Waals surface area contributed by atoms with Crippen molar-refractivity contribution < 1.29 is 4.39 Å². The second-order valence-electron chi connectivity index (χ2n) is 7.23. The van der Waals surface area contributed by atoms with Gasteiger partial charge in [-0.25, -0.2) is 24.3 Å². The number of hydrogen-bond donors (Lipinski definition) is 1. The minimum Gasteiger partial charge on any atom is -0.360 e. The van der Waals surface area contributed by atoms with Crippen molar-refractivity contribution in [2.75, 3.05) is 5.32 Å². The Hall–Kier alpha value is -3.94. The van der Waals surface area contributed by atoms with Gasteiger partial charge in [-0.05, 0) is 30.7 Å². The van der Waals surface area contributed by atoms with Gasteiger partial charge in [-0.3, -0.25) is 9.36 Å². The molecule has 0 saturated heterocycles. The molecule has 2 aromatic carbocycles. The van der Waals surface area contributed by atoms with Crippen molar-refractivity contribution in [2.24, 2.45) is 4.99 Å². The number of aromatic nitrogens is 4. The van der Waals surface area contributed by atoms with Crippen LogP contribution in [0.15, 0.2) is 64.6 Å². The van der Waals surface area contributed by atoms with Crippen molar-refractivity contribution in [3.8, 4) is 5.69 Å². The minimum absolute atomic E-state index is 0.0266. The van der Waals surface area contributed by atoms with Crippen LogP contribution >= 0.6 is 0 Å². The highest BCUT2D eigenvalue weighted by atomic mass is 19.1. The van der Waals surface area contributed by atoms with Crippen LogP contribution in [0.25, 0.3) is 16.6 Å². The number of nitrogens with zero attached hydrogens (tertiary/aromatic N) is 5. The number of halogens is 1. The molecule has 2 aromatic heterocycles. The van der Waals surface area contributed by atoms with E-state index in [1.54, 1.807) is 18.3 Å². The number of benzene rings is 2. The molecule has 1 unspecified atom stereocenters. The molecule has 1 atom stereocenters. The zero-order chi connectivity index (χ0) is 21.4. The SMILES string of the molecule is CCC(Nc1ncnc2c1CC=N2)c1nc2cccc(F)c2c(=O)n1-c1ccccc1. The first-order valence-corrected chi connectivity index (χ1v) is 10.1. The van der Waals surface area contributed by atoms with Crippen molar-refractivity contribution in [3.05, 3.63) is 82.4 Å². The molecule has 1 N–H and O–H groups in total. The smallest absolute Gasteiger partial charge is 0.269 e. The van der Waals surface area contributed by atoms with Gasteiger partial charge in [0.1, 0.15) is 29.2 Å². The van der Waals surface area contributed by atoms with Crippen LogP contribution < -0.4 is 10.9 Å². The normalized spacial score (nSPS) is 13.4. The van der Waals surface area contributed by atoms with Gasteiger partial charge in [0.2, 0.25) is 0 Å². The van der Waals surface area contributed by atoms with Crippen molar-refractivity contribution in [1.29, 1.82) is 0 Å². The van der Waals surface area contributed by atoms with Crippen LogP contribution in [0.1, 0.15) is 30.8 Å². The van der Waals surface area contributed by atoms with Gasteiger partial charge in [0, 0.05) is 18.2 Å². The van der Waals surface area contributed by atoms with E-state index in [1.807, 2.05) is 37.3 Å². The Morgan fingerprint density at radius 3 is 2.77 bits per heavy atom. The molecule has 3 heterocycles. The zero-order valence-corrected chi connectivity index (χ0v) is 16.8. The Kier molecular flexibility index (Phi) is 4.74. The fourth-order valence-corrected chi connectivity index (χ4v) is 3.83. The third-order valence-corrected chi connectivity index (χ3v) is 5.35. The summed E-state index contributed by atoms with van der Waals surface area (Å²) in [6.07, 6.45) is 4.52. The summed E-state index contributed by atoms with van der Waals surface area (Å²) in [5.41, 5.74) is 1.41. The molecular weight excluding hydrogens is 395 g/mol. The molecule has 0 saturated carbocycles. The largest absolute Gasteiger partial charge is 0.360 e. The van der Waals surface area contributed by atoms with Gasteiger partial charge in [-0.15, -0.1) is 0 Å². The van der Waals surface area contributed by atoms with Gasteiger partial charge in [0.25, 0.3) is 5.56 Å². The van der Waals surface area contributed by atoms with Crippen LogP contribution in [0.3, 0.4) is 0 Å². The number of rotatable bonds is 5. The van der Waals surface area contributed by atoms with E-state index >= 15 is 0 Å². The van der Waals surface area contributed by atoms with E-state index in [2.05, 4.69) is 20.3 Å². The lowest BCUT2D eigenvalue weighted by Gasteiger charge is -2.23. The summed E-state index contributed by atoms with van der Waals surface area (Å²) in [6, 6.07) is 13.3. The summed E-state index contributed by atoms with van der Waals surface area (Å²) in [4.78, 5) is 31.0. The van der Waals surface area contributed by atoms with E-state index in [1.165, 1.54) is 17.0 Å². The fraction of sp³-hybridized carbons (Fsp3) is 0.174. The Bertz CT molecular complexity index is 1370. The molecule has 154 valence electrons. The molecule has 8 heteroatoms. The molecular formula is C23H19FN6O. The van der Waals surface area contributed by atoms with Gasteiger partial charge in [0.05, 0.1) is 17.2 Å². The van der Waals surface area contributed by atoms with Gasteiger partial charge in [-0.2, -0.15) is 0 Å². The van der Waals surface area contributed by atoms with E-state index < -0.39 is 11.4 Å². The number of para-hydroxylation sites is 1. The molecule has 0 radical (unpaired) electrons. The first kappa shape index (κ1) is 19.0. The van der Waals surface area contributed by atoms with Crippen LogP contribution in [0.2, 0.25) is 0 Å². The van der Waals surface area contributed by atoms with E-state index in [4.69, 9.17) is 4.98 Å². The second-order valence-corrected chi connectivity index (χ2v) is 7.23. The summed E-state index contributed by atoms with van der Waals surface area (Å²) >= 11 is 0. The molecule has 1 aliphatic heterocycles. The molecule has 0 fully saturated rings. The van der Waals surface area contributed by atoms with Gasteiger partial charge in [-0.1, -0.05) is 31.2 Å². The molecule has 5 rings (SSSR count). The van der Waals surface area contributed by atoms with Gasteiger partial charge < -0.3 is 5.32 Å². The third kappa shape index (κ3) is 3.26. The monoisotopic (exact) mass is 414 g/mol. The average molecular weight is 414 g/mol. The van der Waals surface area contributed by atoms with Crippen LogP contribution in [0.4, 0.5) is 16.0 Å². The molecule has 0 aliphatic carbocycles. The topological polar surface area (TPSA) is 85.1 Å². The lowest BCUT2D eigenvalue weighted by molar-refractivity contribution is 0.630. The first-order chi connectivity index (χ1) is 15.2. The first-order valence-electron chi connectivity index (χ1n) is 10.1. The highest BCUT2D eigenvalue weighted by Gasteiger charge is 2.24. The Morgan fingerprint density at radius 2 is 1.97 bits per heavy atom. The maximum Gasteiger partial charge on any atom is 0.269 e. The Morgan fingerprint density at radius 1 is 1.13 bits per heavy atom. The maximum absolute atomic E-state index is 14.6. The third-order valence-electron chi connectivity index (χ3n) is 5.35. The number of aliphatic imine (C=N–C) groups is 1. The van der Waals surface area contributed by atoms with Crippen molar-refractivity contribution in [2.45, 2.75) is 25.8 Å². The quantitative estimate of drug-likeness (QED) is 0.531. The van der Waals surface area contributed by atoms with E-state index in [-0.39, 0.29) is 11.4 Å². The minimum atomic E-state index is -0.585. The van der Waals surface area contributed by atoms with Crippen LogP contribution in [0.5, 0.6) is 0 Å². The Labute approximate surface area is 177 Å². The van der Waals surface area contributed by atoms with E-state index in [0.29, 0.717) is 41.5 Å². The second kappa shape index (κ2) is 7.71. The fourth-order valence-electron chi connectivity index (χ4n) is 3.83. The number of hydrogen-bond acceptors (Lipinski definition) is 6. The van der Waals surface area contributed by atoms with E-state index in [0.717, 1.165) is 5.56 Å². The molecule has 0 amide bonds.